The molecule has 0 saturated carbocycles. The number of ether oxygens (including phenoxy) is 1. The van der Waals surface area contributed by atoms with E-state index in [1.807, 2.05) is 6.92 Å². The average molecular weight is 250 g/mol. The van der Waals surface area contributed by atoms with Gasteiger partial charge in [0, 0.05) is 6.42 Å². The monoisotopic (exact) mass is 250 g/mol. The topological polar surface area (TPSA) is 39.4 Å². The van der Waals surface area contributed by atoms with Crippen LogP contribution in [-0.4, -0.2) is 6.61 Å². The molecule has 0 fully saturated rings. The highest BCUT2D eigenvalue weighted by atomic mass is 19.1. The molecule has 0 saturated heterocycles. The van der Waals surface area contributed by atoms with E-state index in [1.54, 1.807) is 19.1 Å². The molecule has 0 aliphatic rings. The highest BCUT2D eigenvalue weighted by Gasteiger charge is 2.13. The van der Waals surface area contributed by atoms with Gasteiger partial charge in [0.05, 0.1) is 6.61 Å². The van der Waals surface area contributed by atoms with Crippen molar-refractivity contribution in [2.75, 3.05) is 6.61 Å². The second-order valence-corrected chi connectivity index (χ2v) is 4.03. The third-order valence-corrected chi connectivity index (χ3v) is 2.68. The van der Waals surface area contributed by atoms with Crippen molar-refractivity contribution in [1.29, 1.82) is 0 Å². The van der Waals surface area contributed by atoms with Gasteiger partial charge in [0.25, 0.3) is 0 Å². The van der Waals surface area contributed by atoms with Crippen molar-refractivity contribution in [3.05, 3.63) is 40.2 Å². The van der Waals surface area contributed by atoms with Crippen LogP contribution in [0.5, 0.6) is 5.75 Å². The number of halogens is 1. The number of hydrogen-bond acceptors (Lipinski definition) is 3. The molecule has 3 nitrogen and oxygen atoms in total. The van der Waals surface area contributed by atoms with Crippen LogP contribution in [-0.2, 0) is 6.42 Å². The summed E-state index contributed by atoms with van der Waals surface area (Å²) in [5.74, 6) is 0.0187. The molecule has 0 N–H and O–H groups in total. The SMILES string of the molecule is CCCc1cc2ccc(OCC)c(F)c2c(=O)o1. The molecule has 0 atom stereocenters. The van der Waals surface area contributed by atoms with Crippen LogP contribution in [0, 0.1) is 5.82 Å². The first kappa shape index (κ1) is 12.6. The van der Waals surface area contributed by atoms with Gasteiger partial charge < -0.3 is 9.15 Å². The fraction of sp³-hybridized carbons (Fsp3) is 0.357. The van der Waals surface area contributed by atoms with Gasteiger partial charge in [0.1, 0.15) is 11.1 Å². The minimum Gasteiger partial charge on any atom is -0.491 e. The molecule has 18 heavy (non-hydrogen) atoms. The Morgan fingerprint density at radius 3 is 2.78 bits per heavy atom. The Morgan fingerprint density at radius 2 is 2.11 bits per heavy atom. The normalized spacial score (nSPS) is 10.8. The highest BCUT2D eigenvalue weighted by molar-refractivity contribution is 5.83. The maximum Gasteiger partial charge on any atom is 0.346 e. The molecule has 0 unspecified atom stereocenters. The first-order valence-corrected chi connectivity index (χ1v) is 6.05. The van der Waals surface area contributed by atoms with Gasteiger partial charge in [-0.1, -0.05) is 13.0 Å². The van der Waals surface area contributed by atoms with E-state index in [1.165, 1.54) is 6.07 Å². The number of fused-ring (bicyclic) bond motifs is 1. The largest absolute Gasteiger partial charge is 0.491 e. The second kappa shape index (κ2) is 5.21. The maximum absolute atomic E-state index is 14.0. The zero-order chi connectivity index (χ0) is 13.1. The van der Waals surface area contributed by atoms with Gasteiger partial charge in [-0.2, -0.15) is 0 Å². The van der Waals surface area contributed by atoms with Gasteiger partial charge in [0.15, 0.2) is 11.6 Å². The van der Waals surface area contributed by atoms with E-state index < -0.39 is 11.4 Å². The van der Waals surface area contributed by atoms with Gasteiger partial charge >= 0.3 is 5.63 Å². The first-order valence-electron chi connectivity index (χ1n) is 6.05. The summed E-state index contributed by atoms with van der Waals surface area (Å²) in [7, 11) is 0. The van der Waals surface area contributed by atoms with Gasteiger partial charge in [-0.3, -0.25) is 0 Å². The van der Waals surface area contributed by atoms with E-state index >= 15 is 0 Å². The Balaban J connectivity index is 2.64. The highest BCUT2D eigenvalue weighted by Crippen LogP contribution is 2.25. The Labute approximate surface area is 104 Å². The predicted octanol–water partition coefficient (Wildman–Crippen LogP) is 3.28. The van der Waals surface area contributed by atoms with Crippen molar-refractivity contribution in [2.45, 2.75) is 26.7 Å². The fourth-order valence-corrected chi connectivity index (χ4v) is 1.91. The molecule has 0 amide bonds. The van der Waals surface area contributed by atoms with Crippen LogP contribution in [0.4, 0.5) is 4.39 Å². The number of hydrogen-bond donors (Lipinski definition) is 0. The second-order valence-electron chi connectivity index (χ2n) is 4.03. The predicted molar refractivity (Wildman–Crippen MR) is 67.6 cm³/mol. The van der Waals surface area contributed by atoms with Crippen LogP contribution in [0.3, 0.4) is 0 Å². The number of benzene rings is 1. The van der Waals surface area contributed by atoms with Crippen molar-refractivity contribution >= 4 is 10.8 Å². The summed E-state index contributed by atoms with van der Waals surface area (Å²) in [5.41, 5.74) is -0.644. The van der Waals surface area contributed by atoms with E-state index in [-0.39, 0.29) is 11.1 Å². The van der Waals surface area contributed by atoms with Crippen molar-refractivity contribution in [1.82, 2.24) is 0 Å². The summed E-state index contributed by atoms with van der Waals surface area (Å²) in [6.07, 6.45) is 1.54. The van der Waals surface area contributed by atoms with E-state index in [2.05, 4.69) is 0 Å². The lowest BCUT2D eigenvalue weighted by atomic mass is 10.1. The van der Waals surface area contributed by atoms with Gasteiger partial charge in [-0.05, 0) is 30.9 Å². The lowest BCUT2D eigenvalue weighted by Gasteiger charge is -2.07. The molecule has 4 heteroatoms. The standard InChI is InChI=1S/C14H15FO3/c1-3-5-10-8-9-6-7-11(17-4-2)13(15)12(9)14(16)18-10/h6-8H,3-5H2,1-2H3. The van der Waals surface area contributed by atoms with Crippen LogP contribution < -0.4 is 10.4 Å². The van der Waals surface area contributed by atoms with Gasteiger partial charge in [-0.15, -0.1) is 0 Å². The number of aryl methyl sites for hydroxylation is 1. The molecule has 1 aromatic carbocycles. The Hall–Kier alpha value is -1.84. The van der Waals surface area contributed by atoms with E-state index in [9.17, 15) is 9.18 Å². The van der Waals surface area contributed by atoms with E-state index in [0.29, 0.717) is 24.2 Å². The van der Waals surface area contributed by atoms with Crippen molar-refractivity contribution < 1.29 is 13.5 Å². The lowest BCUT2D eigenvalue weighted by molar-refractivity contribution is 0.322. The summed E-state index contributed by atoms with van der Waals surface area (Å²) in [6.45, 7) is 4.10. The molecule has 2 aromatic rings. The summed E-state index contributed by atoms with van der Waals surface area (Å²) >= 11 is 0. The van der Waals surface area contributed by atoms with Crippen LogP contribution in [0.1, 0.15) is 26.0 Å². The minimum absolute atomic E-state index is 0.0409. The van der Waals surface area contributed by atoms with E-state index in [0.717, 1.165) is 6.42 Å². The summed E-state index contributed by atoms with van der Waals surface area (Å²) in [5, 5.41) is 0.511. The molecule has 0 radical (unpaired) electrons. The molecule has 2 rings (SSSR count). The zero-order valence-corrected chi connectivity index (χ0v) is 10.5. The zero-order valence-electron chi connectivity index (χ0n) is 10.5. The van der Waals surface area contributed by atoms with Crippen LogP contribution in [0.2, 0.25) is 0 Å². The minimum atomic E-state index is -0.647. The van der Waals surface area contributed by atoms with Crippen molar-refractivity contribution in [3.63, 3.8) is 0 Å². The molecular weight excluding hydrogens is 235 g/mol. The molecule has 0 bridgehead atoms. The molecule has 1 heterocycles. The summed E-state index contributed by atoms with van der Waals surface area (Å²) < 4.78 is 24.3. The van der Waals surface area contributed by atoms with E-state index in [4.69, 9.17) is 9.15 Å². The maximum atomic E-state index is 14.0. The van der Waals surface area contributed by atoms with Gasteiger partial charge in [0.2, 0.25) is 0 Å². The fourth-order valence-electron chi connectivity index (χ4n) is 1.91. The molecule has 0 aliphatic carbocycles. The average Bonchev–Trinajstić information content (AvgIpc) is 2.33. The molecule has 96 valence electrons. The number of rotatable bonds is 4. The molecule has 0 aliphatic heterocycles. The Bertz CT molecular complexity index is 616. The first-order chi connectivity index (χ1) is 8.67. The lowest BCUT2D eigenvalue weighted by Crippen LogP contribution is -2.06. The molecular formula is C14H15FO3. The summed E-state index contributed by atoms with van der Waals surface area (Å²) in [4.78, 5) is 11.8. The van der Waals surface area contributed by atoms with Crippen LogP contribution in [0.15, 0.2) is 27.4 Å². The Kier molecular flexibility index (Phi) is 3.65. The van der Waals surface area contributed by atoms with Crippen molar-refractivity contribution in [2.24, 2.45) is 0 Å². The van der Waals surface area contributed by atoms with Crippen LogP contribution >= 0.6 is 0 Å². The third-order valence-electron chi connectivity index (χ3n) is 2.68. The summed E-state index contributed by atoms with van der Waals surface area (Å²) in [6, 6.07) is 4.93. The van der Waals surface area contributed by atoms with Crippen LogP contribution in [0.25, 0.3) is 10.8 Å². The Morgan fingerprint density at radius 1 is 1.33 bits per heavy atom. The molecule has 0 spiro atoms. The smallest absolute Gasteiger partial charge is 0.346 e. The molecule has 1 aromatic heterocycles. The van der Waals surface area contributed by atoms with Crippen molar-refractivity contribution in [3.8, 4) is 5.75 Å². The quantitative estimate of drug-likeness (QED) is 0.835. The third kappa shape index (κ3) is 2.23. The van der Waals surface area contributed by atoms with Gasteiger partial charge in [-0.25, -0.2) is 9.18 Å².